The van der Waals surface area contributed by atoms with Crippen LogP contribution in [0, 0.1) is 10.1 Å². The summed E-state index contributed by atoms with van der Waals surface area (Å²) in [4.78, 5) is 10.1. The third-order valence-corrected chi connectivity index (χ3v) is 2.07. The number of anilines is 1. The minimum atomic E-state index is -0.410. The van der Waals surface area contributed by atoms with E-state index in [1.807, 2.05) is 0 Å². The lowest BCUT2D eigenvalue weighted by molar-refractivity contribution is -0.384. The normalized spacial score (nSPS) is 14.6. The van der Waals surface area contributed by atoms with Gasteiger partial charge in [0.05, 0.1) is 17.2 Å². The molecular formula is C9H10N2O3. The van der Waals surface area contributed by atoms with Crippen molar-refractivity contribution in [2.45, 2.75) is 6.42 Å². The molecule has 5 nitrogen and oxygen atoms in total. The second-order valence-corrected chi connectivity index (χ2v) is 3.07. The first-order valence-electron chi connectivity index (χ1n) is 4.42. The van der Waals surface area contributed by atoms with Crippen LogP contribution in [0.15, 0.2) is 18.2 Å². The highest BCUT2D eigenvalue weighted by molar-refractivity contribution is 5.61. The van der Waals surface area contributed by atoms with E-state index in [2.05, 4.69) is 5.32 Å². The molecule has 2 rings (SSSR count). The van der Waals surface area contributed by atoms with Gasteiger partial charge in [-0.1, -0.05) is 0 Å². The van der Waals surface area contributed by atoms with Crippen molar-refractivity contribution in [3.8, 4) is 5.75 Å². The highest BCUT2D eigenvalue weighted by Crippen LogP contribution is 2.30. The Morgan fingerprint density at radius 3 is 3.14 bits per heavy atom. The Hall–Kier alpha value is -1.78. The Morgan fingerprint density at radius 2 is 2.36 bits per heavy atom. The Bertz CT molecular complexity index is 365. The molecule has 0 saturated carbocycles. The molecule has 1 aliphatic heterocycles. The number of nitro benzene ring substituents is 1. The summed E-state index contributed by atoms with van der Waals surface area (Å²) in [7, 11) is 0. The maximum absolute atomic E-state index is 10.5. The van der Waals surface area contributed by atoms with E-state index in [9.17, 15) is 10.1 Å². The largest absolute Gasteiger partial charge is 0.491 e. The van der Waals surface area contributed by atoms with E-state index in [4.69, 9.17) is 4.74 Å². The van der Waals surface area contributed by atoms with Crippen LogP contribution < -0.4 is 10.1 Å². The molecule has 1 aromatic carbocycles. The Kier molecular flexibility index (Phi) is 2.22. The fraction of sp³-hybridized carbons (Fsp3) is 0.333. The van der Waals surface area contributed by atoms with Gasteiger partial charge in [-0.15, -0.1) is 0 Å². The number of rotatable bonds is 1. The molecule has 0 unspecified atom stereocenters. The second kappa shape index (κ2) is 3.53. The van der Waals surface area contributed by atoms with Crippen molar-refractivity contribution in [3.05, 3.63) is 28.3 Å². The van der Waals surface area contributed by atoms with E-state index in [1.54, 1.807) is 6.07 Å². The molecule has 0 aromatic heterocycles. The van der Waals surface area contributed by atoms with Crippen LogP contribution in [0.25, 0.3) is 0 Å². The van der Waals surface area contributed by atoms with Gasteiger partial charge < -0.3 is 10.1 Å². The summed E-state index contributed by atoms with van der Waals surface area (Å²) in [5.74, 6) is 0.688. The number of ether oxygens (including phenoxy) is 1. The van der Waals surface area contributed by atoms with Gasteiger partial charge in [-0.3, -0.25) is 10.1 Å². The Morgan fingerprint density at radius 1 is 1.50 bits per heavy atom. The molecule has 14 heavy (non-hydrogen) atoms. The van der Waals surface area contributed by atoms with E-state index in [-0.39, 0.29) is 5.69 Å². The third kappa shape index (κ3) is 1.61. The maximum Gasteiger partial charge on any atom is 0.271 e. The summed E-state index contributed by atoms with van der Waals surface area (Å²) in [6.45, 7) is 1.44. The lowest BCUT2D eigenvalue weighted by Crippen LogP contribution is -2.00. The zero-order valence-electron chi connectivity index (χ0n) is 7.53. The fourth-order valence-corrected chi connectivity index (χ4v) is 1.37. The van der Waals surface area contributed by atoms with E-state index in [0.29, 0.717) is 18.0 Å². The van der Waals surface area contributed by atoms with Gasteiger partial charge in [0.15, 0.2) is 0 Å². The molecule has 0 aliphatic carbocycles. The van der Waals surface area contributed by atoms with Crippen molar-refractivity contribution in [2.24, 2.45) is 0 Å². The average Bonchev–Trinajstić information content (AvgIpc) is 2.41. The third-order valence-electron chi connectivity index (χ3n) is 2.07. The van der Waals surface area contributed by atoms with Crippen molar-refractivity contribution in [3.63, 3.8) is 0 Å². The molecule has 1 N–H and O–H groups in total. The van der Waals surface area contributed by atoms with Crippen molar-refractivity contribution < 1.29 is 9.66 Å². The topological polar surface area (TPSA) is 64.4 Å². The SMILES string of the molecule is O=[N+]([O-])c1ccc2c(c1)NCCCO2. The predicted molar refractivity (Wildman–Crippen MR) is 51.7 cm³/mol. The molecule has 1 heterocycles. The van der Waals surface area contributed by atoms with E-state index < -0.39 is 4.92 Å². The van der Waals surface area contributed by atoms with Gasteiger partial charge in [0, 0.05) is 18.7 Å². The minimum Gasteiger partial charge on any atom is -0.491 e. The Labute approximate surface area is 80.8 Å². The summed E-state index contributed by atoms with van der Waals surface area (Å²) in [6, 6.07) is 4.58. The van der Waals surface area contributed by atoms with Crippen LogP contribution in [0.4, 0.5) is 11.4 Å². The zero-order valence-corrected chi connectivity index (χ0v) is 7.53. The number of hydrogen-bond acceptors (Lipinski definition) is 4. The molecule has 0 saturated heterocycles. The van der Waals surface area contributed by atoms with Gasteiger partial charge in [0.1, 0.15) is 5.75 Å². The maximum atomic E-state index is 10.5. The molecule has 0 atom stereocenters. The molecule has 1 aromatic rings. The molecule has 0 fully saturated rings. The number of benzene rings is 1. The van der Waals surface area contributed by atoms with Crippen molar-refractivity contribution in [1.82, 2.24) is 0 Å². The van der Waals surface area contributed by atoms with Gasteiger partial charge in [-0.25, -0.2) is 0 Å². The standard InChI is InChI=1S/C9H10N2O3/c12-11(13)7-2-3-9-8(6-7)10-4-1-5-14-9/h2-3,6,10H,1,4-5H2. The van der Waals surface area contributed by atoms with E-state index in [0.717, 1.165) is 13.0 Å². The zero-order chi connectivity index (χ0) is 9.97. The fourth-order valence-electron chi connectivity index (χ4n) is 1.37. The second-order valence-electron chi connectivity index (χ2n) is 3.07. The van der Waals surface area contributed by atoms with E-state index in [1.165, 1.54) is 12.1 Å². The summed E-state index contributed by atoms with van der Waals surface area (Å²) in [5, 5.41) is 13.6. The van der Waals surface area contributed by atoms with Gasteiger partial charge in [-0.2, -0.15) is 0 Å². The summed E-state index contributed by atoms with van der Waals surface area (Å²) in [6.07, 6.45) is 0.905. The smallest absolute Gasteiger partial charge is 0.271 e. The number of nitro groups is 1. The molecule has 74 valence electrons. The van der Waals surface area contributed by atoms with Gasteiger partial charge in [-0.05, 0) is 12.5 Å². The van der Waals surface area contributed by atoms with Crippen LogP contribution in [0.3, 0.4) is 0 Å². The van der Waals surface area contributed by atoms with Crippen LogP contribution in [-0.4, -0.2) is 18.1 Å². The van der Waals surface area contributed by atoms with Gasteiger partial charge in [0.2, 0.25) is 0 Å². The van der Waals surface area contributed by atoms with E-state index >= 15 is 0 Å². The van der Waals surface area contributed by atoms with Crippen LogP contribution in [0.5, 0.6) is 5.75 Å². The highest BCUT2D eigenvalue weighted by Gasteiger charge is 2.13. The van der Waals surface area contributed by atoms with Crippen LogP contribution in [-0.2, 0) is 0 Å². The molecular weight excluding hydrogens is 184 g/mol. The first-order valence-corrected chi connectivity index (χ1v) is 4.42. The van der Waals surface area contributed by atoms with Gasteiger partial charge in [0.25, 0.3) is 5.69 Å². The highest BCUT2D eigenvalue weighted by atomic mass is 16.6. The van der Waals surface area contributed by atoms with Crippen LogP contribution >= 0.6 is 0 Å². The molecule has 0 radical (unpaired) electrons. The quantitative estimate of drug-likeness (QED) is 0.546. The lowest BCUT2D eigenvalue weighted by Gasteiger charge is -2.06. The number of nitrogens with one attached hydrogen (secondary N) is 1. The minimum absolute atomic E-state index is 0.0850. The molecule has 0 amide bonds. The van der Waals surface area contributed by atoms with Crippen LogP contribution in [0.2, 0.25) is 0 Å². The monoisotopic (exact) mass is 194 g/mol. The number of hydrogen-bond donors (Lipinski definition) is 1. The Balaban J connectivity index is 2.37. The summed E-state index contributed by atoms with van der Waals surface area (Å²) in [5.41, 5.74) is 0.790. The number of nitrogens with zero attached hydrogens (tertiary/aromatic N) is 1. The molecule has 1 aliphatic rings. The summed E-state index contributed by atoms with van der Waals surface area (Å²) >= 11 is 0. The van der Waals surface area contributed by atoms with Gasteiger partial charge >= 0.3 is 0 Å². The van der Waals surface area contributed by atoms with Crippen molar-refractivity contribution >= 4 is 11.4 Å². The molecule has 0 bridgehead atoms. The molecule has 5 heteroatoms. The lowest BCUT2D eigenvalue weighted by atomic mass is 10.2. The average molecular weight is 194 g/mol. The van der Waals surface area contributed by atoms with Crippen molar-refractivity contribution in [1.29, 1.82) is 0 Å². The predicted octanol–water partition coefficient (Wildman–Crippen LogP) is 1.79. The van der Waals surface area contributed by atoms with Crippen LogP contribution in [0.1, 0.15) is 6.42 Å². The summed E-state index contributed by atoms with van der Waals surface area (Å²) < 4.78 is 5.40. The first kappa shape index (κ1) is 8.80. The molecule has 0 spiro atoms. The first-order chi connectivity index (χ1) is 6.77. The number of non-ortho nitro benzene ring substituents is 1. The van der Waals surface area contributed by atoms with Crippen molar-refractivity contribution in [2.75, 3.05) is 18.5 Å². The number of fused-ring (bicyclic) bond motifs is 1.